The van der Waals surface area contributed by atoms with Crippen LogP contribution in [0.4, 0.5) is 0 Å². The van der Waals surface area contributed by atoms with E-state index >= 15 is 0 Å². The molecule has 74 valence electrons. The highest BCUT2D eigenvalue weighted by Crippen LogP contribution is 2.31. The summed E-state index contributed by atoms with van der Waals surface area (Å²) in [6.45, 7) is 8.14. The molecule has 1 aromatic carbocycles. The predicted molar refractivity (Wildman–Crippen MR) is 62.4 cm³/mol. The molecule has 1 rings (SSSR count). The van der Waals surface area contributed by atoms with E-state index in [1.54, 1.807) is 0 Å². The first-order valence-electron chi connectivity index (χ1n) is 4.64. The fourth-order valence-corrected chi connectivity index (χ4v) is 2.23. The molecule has 0 aliphatic heterocycles. The van der Waals surface area contributed by atoms with Crippen LogP contribution in [0, 0.1) is 32.1 Å². The van der Waals surface area contributed by atoms with E-state index in [0.717, 1.165) is 10.0 Å². The molecule has 0 bridgehead atoms. The van der Waals surface area contributed by atoms with E-state index in [4.69, 9.17) is 5.26 Å². The van der Waals surface area contributed by atoms with Crippen LogP contribution in [0.25, 0.3) is 0 Å². The highest BCUT2D eigenvalue weighted by atomic mass is 79.9. The number of aryl methyl sites for hydroxylation is 2. The van der Waals surface area contributed by atoms with E-state index in [9.17, 15) is 0 Å². The van der Waals surface area contributed by atoms with Gasteiger partial charge in [0.15, 0.2) is 0 Å². The van der Waals surface area contributed by atoms with Crippen molar-refractivity contribution in [2.45, 2.75) is 33.6 Å². The Balaban J connectivity index is 3.45. The smallest absolute Gasteiger partial charge is 0.0701 e. The van der Waals surface area contributed by atoms with Crippen molar-refractivity contribution in [1.82, 2.24) is 0 Å². The molecule has 0 heterocycles. The van der Waals surface area contributed by atoms with Gasteiger partial charge in [0.05, 0.1) is 12.0 Å². The van der Waals surface area contributed by atoms with Gasteiger partial charge in [0.2, 0.25) is 0 Å². The molecule has 0 spiro atoms. The van der Waals surface area contributed by atoms with Crippen molar-refractivity contribution >= 4 is 15.9 Å². The second-order valence-electron chi connectivity index (χ2n) is 3.71. The number of nitrogens with zero attached hydrogens (tertiary/aromatic N) is 1. The van der Waals surface area contributed by atoms with Gasteiger partial charge < -0.3 is 0 Å². The Labute approximate surface area is 93.9 Å². The van der Waals surface area contributed by atoms with Crippen LogP contribution in [-0.2, 0) is 0 Å². The molecular formula is C12H14BrN. The second-order valence-corrected chi connectivity index (χ2v) is 4.51. The van der Waals surface area contributed by atoms with Gasteiger partial charge in [0.1, 0.15) is 0 Å². The van der Waals surface area contributed by atoms with Crippen molar-refractivity contribution in [3.63, 3.8) is 0 Å². The van der Waals surface area contributed by atoms with Crippen molar-refractivity contribution in [2.75, 3.05) is 0 Å². The third-order valence-corrected chi connectivity index (χ3v) is 3.78. The maximum atomic E-state index is 8.93. The van der Waals surface area contributed by atoms with Crippen LogP contribution in [0.3, 0.4) is 0 Å². The summed E-state index contributed by atoms with van der Waals surface area (Å²) >= 11 is 3.55. The zero-order valence-electron chi connectivity index (χ0n) is 8.98. The molecule has 0 radical (unpaired) electrons. The SMILES string of the molecule is Cc1cc(C)c(C(C)C#N)c(C)c1Br. The Bertz CT molecular complexity index is 402. The third kappa shape index (κ3) is 1.83. The summed E-state index contributed by atoms with van der Waals surface area (Å²) in [6.07, 6.45) is 0. The van der Waals surface area contributed by atoms with Gasteiger partial charge >= 0.3 is 0 Å². The number of halogens is 1. The molecular weight excluding hydrogens is 238 g/mol. The first kappa shape index (κ1) is 11.3. The van der Waals surface area contributed by atoms with Gasteiger partial charge in [-0.05, 0) is 49.9 Å². The van der Waals surface area contributed by atoms with E-state index in [2.05, 4.69) is 48.8 Å². The molecule has 1 aromatic rings. The maximum absolute atomic E-state index is 8.93. The highest BCUT2D eigenvalue weighted by molar-refractivity contribution is 9.10. The lowest BCUT2D eigenvalue weighted by atomic mass is 9.91. The zero-order valence-corrected chi connectivity index (χ0v) is 10.6. The highest BCUT2D eigenvalue weighted by Gasteiger charge is 2.14. The topological polar surface area (TPSA) is 23.8 Å². The van der Waals surface area contributed by atoms with Crippen LogP contribution in [0.2, 0.25) is 0 Å². The van der Waals surface area contributed by atoms with Crippen LogP contribution in [-0.4, -0.2) is 0 Å². The van der Waals surface area contributed by atoms with Crippen LogP contribution in [0.5, 0.6) is 0 Å². The molecule has 0 aliphatic carbocycles. The normalized spacial score (nSPS) is 12.3. The van der Waals surface area contributed by atoms with Gasteiger partial charge in [-0.2, -0.15) is 5.26 Å². The van der Waals surface area contributed by atoms with Gasteiger partial charge in [-0.15, -0.1) is 0 Å². The summed E-state index contributed by atoms with van der Waals surface area (Å²) in [5.41, 5.74) is 4.78. The third-order valence-electron chi connectivity index (χ3n) is 2.56. The number of hydrogen-bond acceptors (Lipinski definition) is 1. The molecule has 1 nitrogen and oxygen atoms in total. The van der Waals surface area contributed by atoms with Crippen LogP contribution >= 0.6 is 15.9 Å². The average Bonchev–Trinajstić information content (AvgIpc) is 2.14. The molecule has 2 heteroatoms. The van der Waals surface area contributed by atoms with E-state index < -0.39 is 0 Å². The van der Waals surface area contributed by atoms with Gasteiger partial charge in [-0.3, -0.25) is 0 Å². The number of rotatable bonds is 1. The summed E-state index contributed by atoms with van der Waals surface area (Å²) in [5.74, 6) is -0.0353. The molecule has 0 saturated carbocycles. The fraction of sp³-hybridized carbons (Fsp3) is 0.417. The van der Waals surface area contributed by atoms with Crippen LogP contribution in [0.15, 0.2) is 10.5 Å². The fourth-order valence-electron chi connectivity index (χ4n) is 1.91. The summed E-state index contributed by atoms with van der Waals surface area (Å²) in [6, 6.07) is 4.41. The van der Waals surface area contributed by atoms with E-state index in [-0.39, 0.29) is 5.92 Å². The minimum absolute atomic E-state index is 0.0353. The van der Waals surface area contributed by atoms with Crippen LogP contribution in [0.1, 0.15) is 35.1 Å². The lowest BCUT2D eigenvalue weighted by Crippen LogP contribution is -2.00. The Morgan fingerprint density at radius 1 is 1.29 bits per heavy atom. The quantitative estimate of drug-likeness (QED) is 0.741. The molecule has 0 saturated heterocycles. The van der Waals surface area contributed by atoms with Gasteiger partial charge in [-0.25, -0.2) is 0 Å². The lowest BCUT2D eigenvalue weighted by Gasteiger charge is -2.15. The van der Waals surface area contributed by atoms with Crippen molar-refractivity contribution in [2.24, 2.45) is 0 Å². The average molecular weight is 252 g/mol. The monoisotopic (exact) mass is 251 g/mol. The number of nitriles is 1. The van der Waals surface area contributed by atoms with Gasteiger partial charge in [0.25, 0.3) is 0 Å². The zero-order chi connectivity index (χ0) is 10.9. The minimum Gasteiger partial charge on any atom is -0.198 e. The maximum Gasteiger partial charge on any atom is 0.0701 e. The molecule has 0 N–H and O–H groups in total. The Kier molecular flexibility index (Phi) is 3.34. The van der Waals surface area contributed by atoms with Crippen molar-refractivity contribution in [3.05, 3.63) is 32.8 Å². The Morgan fingerprint density at radius 3 is 2.36 bits per heavy atom. The summed E-state index contributed by atoms with van der Waals surface area (Å²) in [7, 11) is 0. The Morgan fingerprint density at radius 2 is 1.86 bits per heavy atom. The molecule has 0 amide bonds. The van der Waals surface area contributed by atoms with E-state index in [1.165, 1.54) is 16.7 Å². The number of hydrogen-bond donors (Lipinski definition) is 0. The second kappa shape index (κ2) is 4.14. The van der Waals surface area contributed by atoms with Gasteiger partial charge in [0, 0.05) is 4.47 Å². The van der Waals surface area contributed by atoms with Crippen LogP contribution < -0.4 is 0 Å². The summed E-state index contributed by atoms with van der Waals surface area (Å²) < 4.78 is 1.13. The summed E-state index contributed by atoms with van der Waals surface area (Å²) in [4.78, 5) is 0. The first-order chi connectivity index (χ1) is 6.49. The molecule has 14 heavy (non-hydrogen) atoms. The molecule has 0 fully saturated rings. The van der Waals surface area contributed by atoms with Crippen molar-refractivity contribution in [1.29, 1.82) is 5.26 Å². The first-order valence-corrected chi connectivity index (χ1v) is 5.44. The van der Waals surface area contributed by atoms with Crippen molar-refractivity contribution in [3.8, 4) is 6.07 Å². The van der Waals surface area contributed by atoms with Crippen molar-refractivity contribution < 1.29 is 0 Å². The standard InChI is InChI=1S/C12H14BrN/c1-7-5-8(2)12(13)10(4)11(7)9(3)6-14/h5,9H,1-4H3. The molecule has 0 aromatic heterocycles. The lowest BCUT2D eigenvalue weighted by molar-refractivity contribution is 0.944. The van der Waals surface area contributed by atoms with E-state index in [0.29, 0.717) is 0 Å². The molecule has 1 atom stereocenters. The molecule has 1 unspecified atom stereocenters. The van der Waals surface area contributed by atoms with Gasteiger partial charge in [-0.1, -0.05) is 22.0 Å². The largest absolute Gasteiger partial charge is 0.198 e. The van der Waals surface area contributed by atoms with E-state index in [1.807, 2.05) is 6.92 Å². The minimum atomic E-state index is -0.0353. The predicted octanol–water partition coefficient (Wildman–Crippen LogP) is 4.00. The number of benzene rings is 1. The summed E-state index contributed by atoms with van der Waals surface area (Å²) in [5, 5.41) is 8.93. The molecule has 0 aliphatic rings. The Hall–Kier alpha value is -0.810.